The largest absolute Gasteiger partial charge is 0.391 e. The number of hydrogen-bond donors (Lipinski definition) is 1. The Morgan fingerprint density at radius 1 is 1.23 bits per heavy atom. The molecule has 2 rings (SSSR count). The van der Waals surface area contributed by atoms with Gasteiger partial charge in [0.1, 0.15) is 0 Å². The molecule has 76 valence electrons. The van der Waals surface area contributed by atoms with Crippen molar-refractivity contribution in [1.29, 1.82) is 0 Å². The lowest BCUT2D eigenvalue weighted by Crippen LogP contribution is -2.54. The van der Waals surface area contributed by atoms with Crippen molar-refractivity contribution >= 4 is 23.2 Å². The molecule has 1 nitrogen and oxygen atoms in total. The molecule has 0 aliphatic heterocycles. The van der Waals surface area contributed by atoms with Gasteiger partial charge in [0.05, 0.1) is 17.4 Å². The number of fused-ring (bicyclic) bond motifs is 2. The second kappa shape index (κ2) is 2.47. The average molecular weight is 235 g/mol. The maximum Gasteiger partial charge on any atom is 0.300 e. The van der Waals surface area contributed by atoms with Crippen molar-refractivity contribution in [2.75, 3.05) is 0 Å². The van der Waals surface area contributed by atoms with Crippen LogP contribution < -0.4 is 0 Å². The average Bonchev–Trinajstić information content (AvgIpc) is 2.36. The van der Waals surface area contributed by atoms with Crippen LogP contribution in [0, 0.1) is 11.8 Å². The van der Waals surface area contributed by atoms with E-state index in [9.17, 15) is 18.3 Å². The first-order valence-electron chi connectivity index (χ1n) is 3.88. The monoisotopic (exact) mass is 234 g/mol. The van der Waals surface area contributed by atoms with Crippen LogP contribution in [0.2, 0.25) is 0 Å². The van der Waals surface area contributed by atoms with E-state index in [2.05, 4.69) is 0 Å². The minimum atomic E-state index is -3.68. The maximum absolute atomic E-state index is 13.3. The quantitative estimate of drug-likeness (QED) is 0.637. The molecule has 2 bridgehead atoms. The van der Waals surface area contributed by atoms with Crippen LogP contribution in [0.3, 0.4) is 0 Å². The number of hydrogen-bond acceptors (Lipinski definition) is 1. The molecule has 0 aromatic rings. The maximum atomic E-state index is 13.3. The molecule has 0 aromatic heterocycles. The Hall–Kier alpha value is 0.330. The first kappa shape index (κ1) is 9.87. The van der Waals surface area contributed by atoms with Crippen LogP contribution in [-0.2, 0) is 0 Å². The van der Waals surface area contributed by atoms with Crippen molar-refractivity contribution in [3.63, 3.8) is 0 Å². The van der Waals surface area contributed by atoms with Gasteiger partial charge in [-0.1, -0.05) is 11.6 Å². The Morgan fingerprint density at radius 2 is 1.77 bits per heavy atom. The Labute approximate surface area is 82.8 Å². The van der Waals surface area contributed by atoms with E-state index in [1.54, 1.807) is 0 Å². The summed E-state index contributed by atoms with van der Waals surface area (Å²) in [6.07, 6.45) is -1.51. The molecule has 5 atom stereocenters. The van der Waals surface area contributed by atoms with Crippen LogP contribution in [0.5, 0.6) is 0 Å². The van der Waals surface area contributed by atoms with Crippen LogP contribution in [-0.4, -0.2) is 27.6 Å². The van der Waals surface area contributed by atoms with Gasteiger partial charge in [0.15, 0.2) is 0 Å². The standard InChI is InChI=1S/C7H7Cl2F3O/c8-4-2-1-3(5(4)13)7(11,12)6(2,9)10/h2-5,13H,1H2/t2-,3-,4+,5-,6-/m0/s1. The zero-order valence-electron chi connectivity index (χ0n) is 6.35. The van der Waals surface area contributed by atoms with E-state index in [0.717, 1.165) is 0 Å². The minimum absolute atomic E-state index is 0.150. The summed E-state index contributed by atoms with van der Waals surface area (Å²) in [4.78, 5) is 0. The molecule has 2 saturated carbocycles. The van der Waals surface area contributed by atoms with E-state index in [1.165, 1.54) is 0 Å². The molecule has 0 radical (unpaired) electrons. The van der Waals surface area contributed by atoms with Crippen LogP contribution >= 0.6 is 23.2 Å². The van der Waals surface area contributed by atoms with Crippen molar-refractivity contribution in [3.8, 4) is 0 Å². The van der Waals surface area contributed by atoms with E-state index in [0.29, 0.717) is 0 Å². The van der Waals surface area contributed by atoms with Gasteiger partial charge in [0.25, 0.3) is 5.13 Å². The highest BCUT2D eigenvalue weighted by Gasteiger charge is 2.76. The van der Waals surface area contributed by atoms with Crippen molar-refractivity contribution in [3.05, 3.63) is 0 Å². The molecule has 1 N–H and O–H groups in total. The second-order valence-corrected chi connectivity index (χ2v) is 4.68. The molecular weight excluding hydrogens is 228 g/mol. The van der Waals surface area contributed by atoms with E-state index >= 15 is 0 Å². The van der Waals surface area contributed by atoms with Gasteiger partial charge >= 0.3 is 5.92 Å². The molecule has 0 aromatic carbocycles. The molecule has 13 heavy (non-hydrogen) atoms. The predicted molar refractivity (Wildman–Crippen MR) is 41.9 cm³/mol. The first-order chi connectivity index (χ1) is 5.80. The Bertz CT molecular complexity index is 222. The van der Waals surface area contributed by atoms with E-state index in [4.69, 9.17) is 23.2 Å². The Kier molecular flexibility index (Phi) is 1.87. The number of rotatable bonds is 0. The fourth-order valence-corrected chi connectivity index (χ4v) is 3.09. The molecule has 2 aliphatic carbocycles. The molecular formula is C7H7Cl2F3O. The highest BCUT2D eigenvalue weighted by molar-refractivity contribution is 6.27. The molecule has 6 heteroatoms. The number of alkyl halides is 5. The van der Waals surface area contributed by atoms with Crippen LogP contribution in [0.25, 0.3) is 0 Å². The molecule has 0 unspecified atom stereocenters. The molecule has 0 amide bonds. The predicted octanol–water partition coefficient (Wildman–Crippen LogP) is 2.14. The SMILES string of the molecule is O[C@@H]1[C@H](Cl)[C@@H]2C[C@@H]1C(F)(F)[C@]2(F)Cl. The number of aliphatic hydroxyl groups excluding tert-OH is 1. The van der Waals surface area contributed by atoms with Crippen LogP contribution in [0.4, 0.5) is 13.2 Å². The van der Waals surface area contributed by atoms with E-state index in [1.807, 2.05) is 0 Å². The summed E-state index contributed by atoms with van der Waals surface area (Å²) < 4.78 is 39.6. The van der Waals surface area contributed by atoms with Crippen LogP contribution in [0.15, 0.2) is 0 Å². The summed E-state index contributed by atoms with van der Waals surface area (Å²) >= 11 is 10.7. The normalized spacial score (nSPS) is 58.6. The third-order valence-electron chi connectivity index (χ3n) is 3.01. The Morgan fingerprint density at radius 3 is 2.15 bits per heavy atom. The summed E-state index contributed by atoms with van der Waals surface area (Å²) in [6.45, 7) is 0. The first-order valence-corrected chi connectivity index (χ1v) is 4.69. The van der Waals surface area contributed by atoms with Gasteiger partial charge in [0, 0.05) is 5.92 Å². The summed E-state index contributed by atoms with van der Waals surface area (Å²) in [5.41, 5.74) is 0. The lowest BCUT2D eigenvalue weighted by molar-refractivity contribution is -0.158. The van der Waals surface area contributed by atoms with Crippen molar-refractivity contribution in [2.45, 2.75) is 29.0 Å². The fourth-order valence-electron chi connectivity index (χ4n) is 2.21. The third-order valence-corrected chi connectivity index (χ3v) is 4.10. The Balaban J connectivity index is 2.40. The molecule has 0 saturated heterocycles. The van der Waals surface area contributed by atoms with E-state index < -0.39 is 34.4 Å². The summed E-state index contributed by atoms with van der Waals surface area (Å²) in [5, 5.41) is 5.12. The van der Waals surface area contributed by atoms with Crippen LogP contribution in [0.1, 0.15) is 6.42 Å². The number of halogens is 5. The van der Waals surface area contributed by atoms with Crippen molar-refractivity contribution in [2.24, 2.45) is 11.8 Å². The summed E-state index contributed by atoms with van der Waals surface area (Å²) in [5.74, 6) is -6.28. The molecule has 0 heterocycles. The van der Waals surface area contributed by atoms with E-state index in [-0.39, 0.29) is 6.42 Å². The third kappa shape index (κ3) is 0.944. The van der Waals surface area contributed by atoms with Crippen molar-refractivity contribution in [1.82, 2.24) is 0 Å². The smallest absolute Gasteiger partial charge is 0.300 e. The van der Waals surface area contributed by atoms with Crippen molar-refractivity contribution < 1.29 is 18.3 Å². The molecule has 2 aliphatic rings. The number of aliphatic hydroxyl groups is 1. The van der Waals surface area contributed by atoms with Gasteiger partial charge in [-0.25, -0.2) is 13.2 Å². The molecule has 2 fully saturated rings. The lowest BCUT2D eigenvalue weighted by atomic mass is 9.91. The zero-order valence-corrected chi connectivity index (χ0v) is 7.87. The van der Waals surface area contributed by atoms with Gasteiger partial charge in [-0.3, -0.25) is 0 Å². The summed E-state index contributed by atoms with van der Waals surface area (Å²) in [6, 6.07) is 0. The fraction of sp³-hybridized carbons (Fsp3) is 1.00. The van der Waals surface area contributed by atoms with Gasteiger partial charge in [-0.2, -0.15) is 0 Å². The topological polar surface area (TPSA) is 20.2 Å². The van der Waals surface area contributed by atoms with Gasteiger partial charge in [0.2, 0.25) is 0 Å². The minimum Gasteiger partial charge on any atom is -0.391 e. The highest BCUT2D eigenvalue weighted by atomic mass is 35.5. The van der Waals surface area contributed by atoms with Gasteiger partial charge in [-0.15, -0.1) is 11.6 Å². The zero-order chi connectivity index (χ0) is 10.0. The second-order valence-electron chi connectivity index (χ2n) is 3.63. The lowest BCUT2D eigenvalue weighted by Gasteiger charge is -2.36. The molecule has 0 spiro atoms. The van der Waals surface area contributed by atoms with Gasteiger partial charge in [-0.05, 0) is 6.42 Å². The van der Waals surface area contributed by atoms with Gasteiger partial charge < -0.3 is 5.11 Å². The summed E-state index contributed by atoms with van der Waals surface area (Å²) in [7, 11) is 0. The highest BCUT2D eigenvalue weighted by Crippen LogP contribution is 2.64.